The minimum atomic E-state index is -0.709. The zero-order valence-corrected chi connectivity index (χ0v) is 14.7. The van der Waals surface area contributed by atoms with E-state index in [1.54, 1.807) is 0 Å². The number of imidazole rings is 1. The Labute approximate surface area is 151 Å². The van der Waals surface area contributed by atoms with Crippen LogP contribution >= 0.6 is 11.6 Å². The molecule has 0 saturated heterocycles. The molecule has 0 N–H and O–H groups in total. The third kappa shape index (κ3) is 3.01. The average Bonchev–Trinajstić information content (AvgIpc) is 3.02. The Morgan fingerprint density at radius 3 is 2.69 bits per heavy atom. The van der Waals surface area contributed by atoms with Crippen molar-refractivity contribution in [1.82, 2.24) is 18.7 Å². The van der Waals surface area contributed by atoms with Gasteiger partial charge >= 0.3 is 11.7 Å². The van der Waals surface area contributed by atoms with Crippen LogP contribution in [0.15, 0.2) is 34.1 Å². The van der Waals surface area contributed by atoms with Crippen LogP contribution in [0.3, 0.4) is 0 Å². The molecule has 0 radical (unpaired) electrons. The van der Waals surface area contributed by atoms with Crippen LogP contribution in [0.2, 0.25) is 5.02 Å². The summed E-state index contributed by atoms with van der Waals surface area (Å²) in [5, 5.41) is -0.0491. The second-order valence-corrected chi connectivity index (χ2v) is 5.98. The predicted octanol–water partition coefficient (Wildman–Crippen LogP) is 1.08. The lowest BCUT2D eigenvalue weighted by Gasteiger charge is -2.08. The van der Waals surface area contributed by atoms with Gasteiger partial charge in [-0.25, -0.2) is 19.0 Å². The van der Waals surface area contributed by atoms with E-state index in [4.69, 9.17) is 16.3 Å². The summed E-state index contributed by atoms with van der Waals surface area (Å²) in [6, 6.07) is 3.36. The third-order valence-corrected chi connectivity index (χ3v) is 4.25. The van der Waals surface area contributed by atoms with E-state index in [1.165, 1.54) is 35.6 Å². The second kappa shape index (κ2) is 6.75. The number of benzene rings is 1. The number of fused-ring (bicyclic) bond motifs is 1. The van der Waals surface area contributed by atoms with Crippen LogP contribution < -0.4 is 11.2 Å². The molecule has 1 aromatic carbocycles. The number of carbonyl (C=O) groups excluding carboxylic acids is 1. The Bertz CT molecular complexity index is 1130. The maximum atomic E-state index is 13.0. The standard InChI is InChI=1S/C16H14ClFN4O4/c1-20-13-12(14(23)21(2)16(20)25)22(8-19-13)5-6-26-15(24)10-4-3-9(18)7-11(10)17/h3-4,7-8H,5-6H2,1-2H3. The summed E-state index contributed by atoms with van der Waals surface area (Å²) in [4.78, 5) is 40.3. The molecule has 2 aromatic heterocycles. The van der Waals surface area contributed by atoms with Crippen molar-refractivity contribution in [3.63, 3.8) is 0 Å². The highest BCUT2D eigenvalue weighted by atomic mass is 35.5. The van der Waals surface area contributed by atoms with Crippen LogP contribution in [0.25, 0.3) is 11.2 Å². The van der Waals surface area contributed by atoms with Gasteiger partial charge in [0.1, 0.15) is 12.4 Å². The third-order valence-electron chi connectivity index (χ3n) is 3.93. The van der Waals surface area contributed by atoms with E-state index >= 15 is 0 Å². The van der Waals surface area contributed by atoms with Gasteiger partial charge in [-0.3, -0.25) is 13.9 Å². The molecule has 136 valence electrons. The van der Waals surface area contributed by atoms with E-state index in [9.17, 15) is 18.8 Å². The molecular formula is C16H14ClFN4O4. The molecule has 26 heavy (non-hydrogen) atoms. The van der Waals surface area contributed by atoms with Gasteiger partial charge in [-0.2, -0.15) is 0 Å². The van der Waals surface area contributed by atoms with Crippen molar-refractivity contribution >= 4 is 28.7 Å². The fraction of sp³-hybridized carbons (Fsp3) is 0.250. The molecule has 10 heteroatoms. The molecule has 8 nitrogen and oxygen atoms in total. The van der Waals surface area contributed by atoms with E-state index in [1.807, 2.05) is 0 Å². The van der Waals surface area contributed by atoms with Crippen LogP contribution in [-0.4, -0.2) is 31.3 Å². The summed E-state index contributed by atoms with van der Waals surface area (Å²) >= 11 is 5.82. The number of ether oxygens (including phenoxy) is 1. The molecule has 0 fully saturated rings. The molecular weight excluding hydrogens is 367 g/mol. The van der Waals surface area contributed by atoms with Crippen LogP contribution in [0.4, 0.5) is 4.39 Å². The van der Waals surface area contributed by atoms with Gasteiger partial charge in [-0.15, -0.1) is 0 Å². The minimum absolute atomic E-state index is 0.0434. The van der Waals surface area contributed by atoms with Gasteiger partial charge in [0.2, 0.25) is 0 Å². The molecule has 0 unspecified atom stereocenters. The number of hydrogen-bond acceptors (Lipinski definition) is 5. The number of aromatic nitrogens is 4. The summed E-state index contributed by atoms with van der Waals surface area (Å²) in [6.07, 6.45) is 1.39. The molecule has 2 heterocycles. The first-order valence-corrected chi connectivity index (χ1v) is 7.92. The number of nitrogens with zero attached hydrogens (tertiary/aromatic N) is 4. The molecule has 0 amide bonds. The van der Waals surface area contributed by atoms with Crippen molar-refractivity contribution < 1.29 is 13.9 Å². The Morgan fingerprint density at radius 2 is 2.00 bits per heavy atom. The molecule has 0 aliphatic carbocycles. The lowest BCUT2D eigenvalue weighted by molar-refractivity contribution is 0.0492. The maximum Gasteiger partial charge on any atom is 0.339 e. The normalized spacial score (nSPS) is 11.1. The van der Waals surface area contributed by atoms with Gasteiger partial charge < -0.3 is 9.30 Å². The van der Waals surface area contributed by atoms with Gasteiger partial charge in [0.15, 0.2) is 11.2 Å². The number of aryl methyl sites for hydroxylation is 1. The maximum absolute atomic E-state index is 13.0. The van der Waals surface area contributed by atoms with E-state index in [-0.39, 0.29) is 34.9 Å². The van der Waals surface area contributed by atoms with Crippen molar-refractivity contribution in [3.05, 3.63) is 61.8 Å². The first kappa shape index (κ1) is 17.9. The van der Waals surface area contributed by atoms with Crippen LogP contribution in [0, 0.1) is 5.82 Å². The topological polar surface area (TPSA) is 88.1 Å². The Balaban J connectivity index is 1.80. The van der Waals surface area contributed by atoms with Crippen LogP contribution in [-0.2, 0) is 25.4 Å². The minimum Gasteiger partial charge on any atom is -0.460 e. The first-order valence-electron chi connectivity index (χ1n) is 7.54. The van der Waals surface area contributed by atoms with Crippen molar-refractivity contribution in [2.24, 2.45) is 14.1 Å². The van der Waals surface area contributed by atoms with Gasteiger partial charge in [0.25, 0.3) is 5.56 Å². The lowest BCUT2D eigenvalue weighted by Crippen LogP contribution is -2.37. The Kier molecular flexibility index (Phi) is 4.64. The molecule has 0 spiro atoms. The highest BCUT2D eigenvalue weighted by Gasteiger charge is 2.16. The Hall–Kier alpha value is -2.94. The molecule has 3 aromatic rings. The monoisotopic (exact) mass is 380 g/mol. The Morgan fingerprint density at radius 1 is 1.27 bits per heavy atom. The number of esters is 1. The van der Waals surface area contributed by atoms with Gasteiger partial charge in [-0.05, 0) is 18.2 Å². The van der Waals surface area contributed by atoms with Gasteiger partial charge in [0, 0.05) is 14.1 Å². The van der Waals surface area contributed by atoms with Crippen molar-refractivity contribution in [1.29, 1.82) is 0 Å². The van der Waals surface area contributed by atoms with E-state index in [0.717, 1.165) is 16.7 Å². The summed E-state index contributed by atoms with van der Waals surface area (Å²) in [5.41, 5.74) is -0.461. The number of halogens is 2. The zero-order chi connectivity index (χ0) is 19.0. The summed E-state index contributed by atoms with van der Waals surface area (Å²) in [6.45, 7) is 0.0818. The summed E-state index contributed by atoms with van der Waals surface area (Å²) < 4.78 is 21.9. The van der Waals surface area contributed by atoms with Gasteiger partial charge in [0.05, 0.1) is 23.5 Å². The fourth-order valence-electron chi connectivity index (χ4n) is 2.54. The van der Waals surface area contributed by atoms with Crippen molar-refractivity contribution in [3.8, 4) is 0 Å². The van der Waals surface area contributed by atoms with Crippen LogP contribution in [0.1, 0.15) is 10.4 Å². The van der Waals surface area contributed by atoms with E-state index in [0.29, 0.717) is 0 Å². The quantitative estimate of drug-likeness (QED) is 0.632. The molecule has 0 aliphatic rings. The van der Waals surface area contributed by atoms with Crippen LogP contribution in [0.5, 0.6) is 0 Å². The molecule has 0 bridgehead atoms. The molecule has 0 saturated carbocycles. The average molecular weight is 381 g/mol. The van der Waals surface area contributed by atoms with Crippen molar-refractivity contribution in [2.45, 2.75) is 6.54 Å². The summed E-state index contributed by atoms with van der Waals surface area (Å²) in [5.74, 6) is -1.27. The lowest BCUT2D eigenvalue weighted by atomic mass is 10.2. The predicted molar refractivity (Wildman–Crippen MR) is 91.9 cm³/mol. The second-order valence-electron chi connectivity index (χ2n) is 5.58. The zero-order valence-electron chi connectivity index (χ0n) is 13.9. The van der Waals surface area contributed by atoms with E-state index < -0.39 is 23.0 Å². The fourth-order valence-corrected chi connectivity index (χ4v) is 2.78. The summed E-state index contributed by atoms with van der Waals surface area (Å²) in [7, 11) is 2.88. The molecule has 0 atom stereocenters. The van der Waals surface area contributed by atoms with Gasteiger partial charge in [-0.1, -0.05) is 11.6 Å². The highest BCUT2D eigenvalue weighted by molar-refractivity contribution is 6.33. The molecule has 0 aliphatic heterocycles. The van der Waals surface area contributed by atoms with E-state index in [2.05, 4.69) is 4.98 Å². The largest absolute Gasteiger partial charge is 0.460 e. The first-order chi connectivity index (χ1) is 12.3. The SMILES string of the molecule is Cn1c(=O)c2c(ncn2CCOC(=O)c2ccc(F)cc2Cl)n(C)c1=O. The number of carbonyl (C=O) groups is 1. The number of rotatable bonds is 4. The van der Waals surface area contributed by atoms with Crippen molar-refractivity contribution in [2.75, 3.05) is 6.61 Å². The highest BCUT2D eigenvalue weighted by Crippen LogP contribution is 2.18. The molecule has 3 rings (SSSR count). The number of hydrogen-bond donors (Lipinski definition) is 0. The smallest absolute Gasteiger partial charge is 0.339 e.